The van der Waals surface area contributed by atoms with Gasteiger partial charge in [-0.1, -0.05) is 24.9 Å². The van der Waals surface area contributed by atoms with Crippen molar-refractivity contribution in [3.8, 4) is 0 Å². The highest BCUT2D eigenvalue weighted by Gasteiger charge is 2.40. The highest BCUT2D eigenvalue weighted by atomic mass is 35.5. The molecule has 1 aliphatic heterocycles. The molecule has 150 valence electrons. The fraction of sp³-hybridized carbons (Fsp3) is 0.556. The van der Waals surface area contributed by atoms with Crippen molar-refractivity contribution in [1.82, 2.24) is 9.62 Å². The van der Waals surface area contributed by atoms with Crippen LogP contribution in [0.25, 0.3) is 0 Å². The summed E-state index contributed by atoms with van der Waals surface area (Å²) >= 11 is 5.81. The van der Waals surface area contributed by atoms with Crippen LogP contribution in [0.2, 0.25) is 5.02 Å². The summed E-state index contributed by atoms with van der Waals surface area (Å²) < 4.78 is 31.8. The maximum absolute atomic E-state index is 12.8. The van der Waals surface area contributed by atoms with Crippen molar-refractivity contribution in [2.45, 2.75) is 56.5 Å². The van der Waals surface area contributed by atoms with Gasteiger partial charge >= 0.3 is 5.97 Å². The number of nitrogens with one attached hydrogen (secondary N) is 1. The standard InChI is InChI=1S/C18H25ClN2O5S/c1-3-5-13(2)20-17(22)12-26-18(23)16-6-4-11-21(16)27(24,25)15-9-7-14(19)8-10-15/h7-10,13,16H,3-6,11-12H2,1-2H3,(H,20,22)/t13-,16+/m1/s1. The Labute approximate surface area is 165 Å². The second-order valence-corrected chi connectivity index (χ2v) is 8.92. The van der Waals surface area contributed by atoms with E-state index in [-0.39, 0.29) is 17.5 Å². The minimum Gasteiger partial charge on any atom is -0.454 e. The molecule has 0 aliphatic carbocycles. The minimum absolute atomic E-state index is 0.00513. The fourth-order valence-electron chi connectivity index (χ4n) is 3.06. The summed E-state index contributed by atoms with van der Waals surface area (Å²) in [6.07, 6.45) is 2.67. The largest absolute Gasteiger partial charge is 0.454 e. The smallest absolute Gasteiger partial charge is 0.324 e. The van der Waals surface area contributed by atoms with Gasteiger partial charge in [-0.15, -0.1) is 0 Å². The number of carbonyl (C=O) groups is 2. The zero-order chi connectivity index (χ0) is 20.0. The number of rotatable bonds is 8. The number of halogens is 1. The molecule has 9 heteroatoms. The third-order valence-electron chi connectivity index (χ3n) is 4.37. The van der Waals surface area contributed by atoms with Gasteiger partial charge in [-0.25, -0.2) is 8.42 Å². The van der Waals surface area contributed by atoms with Crippen LogP contribution < -0.4 is 5.32 Å². The van der Waals surface area contributed by atoms with Crippen LogP contribution in [0.1, 0.15) is 39.5 Å². The zero-order valence-corrected chi connectivity index (χ0v) is 17.1. The molecule has 1 aromatic rings. The van der Waals surface area contributed by atoms with E-state index in [0.717, 1.165) is 17.1 Å². The molecule has 0 saturated carbocycles. The maximum Gasteiger partial charge on any atom is 0.324 e. The van der Waals surface area contributed by atoms with Crippen LogP contribution >= 0.6 is 11.6 Å². The normalized spacial score (nSPS) is 18.9. The van der Waals surface area contributed by atoms with Crippen molar-refractivity contribution < 1.29 is 22.7 Å². The average molecular weight is 417 g/mol. The quantitative estimate of drug-likeness (QED) is 0.656. The molecule has 0 aromatic heterocycles. The second kappa shape index (κ2) is 9.52. The van der Waals surface area contributed by atoms with Crippen LogP contribution in [0.4, 0.5) is 0 Å². The van der Waals surface area contributed by atoms with Gasteiger partial charge in [-0.2, -0.15) is 4.31 Å². The Kier molecular flexibility index (Phi) is 7.64. The summed E-state index contributed by atoms with van der Waals surface area (Å²) in [5, 5.41) is 3.16. The van der Waals surface area contributed by atoms with Gasteiger partial charge in [0.05, 0.1) is 4.90 Å². The molecule has 1 aromatic carbocycles. The second-order valence-electron chi connectivity index (χ2n) is 6.59. The predicted octanol–water partition coefficient (Wildman–Crippen LogP) is 2.34. The lowest BCUT2D eigenvalue weighted by Gasteiger charge is -2.23. The first-order valence-corrected chi connectivity index (χ1v) is 10.8. The SMILES string of the molecule is CCC[C@@H](C)NC(=O)COC(=O)[C@@H]1CCCN1S(=O)(=O)c1ccc(Cl)cc1. The van der Waals surface area contributed by atoms with Gasteiger partial charge in [0.2, 0.25) is 10.0 Å². The lowest BCUT2D eigenvalue weighted by Crippen LogP contribution is -2.43. The van der Waals surface area contributed by atoms with E-state index in [1.54, 1.807) is 0 Å². The van der Waals surface area contributed by atoms with Crippen molar-refractivity contribution in [2.75, 3.05) is 13.2 Å². The number of hydrogen-bond donors (Lipinski definition) is 1. The number of ether oxygens (including phenoxy) is 1. The Morgan fingerprint density at radius 3 is 2.63 bits per heavy atom. The third-order valence-corrected chi connectivity index (χ3v) is 6.54. The van der Waals surface area contributed by atoms with Gasteiger partial charge in [0.25, 0.3) is 5.91 Å². The molecule has 7 nitrogen and oxygen atoms in total. The van der Waals surface area contributed by atoms with E-state index in [1.807, 2.05) is 13.8 Å². The molecule has 0 radical (unpaired) electrons. The van der Waals surface area contributed by atoms with Crippen molar-refractivity contribution >= 4 is 33.5 Å². The molecule has 0 unspecified atom stereocenters. The minimum atomic E-state index is -3.84. The predicted molar refractivity (Wildman–Crippen MR) is 102 cm³/mol. The van der Waals surface area contributed by atoms with E-state index in [2.05, 4.69) is 5.32 Å². The van der Waals surface area contributed by atoms with Crippen molar-refractivity contribution in [3.05, 3.63) is 29.3 Å². The van der Waals surface area contributed by atoms with Gasteiger partial charge in [0.1, 0.15) is 6.04 Å². The first kappa shape index (κ1) is 21.7. The Hall–Kier alpha value is -1.64. The van der Waals surface area contributed by atoms with Crippen molar-refractivity contribution in [3.63, 3.8) is 0 Å². The van der Waals surface area contributed by atoms with Crippen molar-refractivity contribution in [2.24, 2.45) is 0 Å². The molecular formula is C18H25ClN2O5S. The molecule has 2 rings (SSSR count). The summed E-state index contributed by atoms with van der Waals surface area (Å²) in [6, 6.07) is 4.85. The summed E-state index contributed by atoms with van der Waals surface area (Å²) in [5.74, 6) is -1.10. The number of sulfonamides is 1. The highest BCUT2D eigenvalue weighted by molar-refractivity contribution is 7.89. The highest BCUT2D eigenvalue weighted by Crippen LogP contribution is 2.27. The zero-order valence-electron chi connectivity index (χ0n) is 15.5. The fourth-order valence-corrected chi connectivity index (χ4v) is 4.83. The molecule has 1 heterocycles. The van der Waals surface area contributed by atoms with Gasteiger partial charge < -0.3 is 10.1 Å². The topological polar surface area (TPSA) is 92.8 Å². The van der Waals surface area contributed by atoms with Crippen LogP contribution in [0, 0.1) is 0 Å². The molecule has 1 fully saturated rings. The van der Waals surface area contributed by atoms with E-state index >= 15 is 0 Å². The van der Waals surface area contributed by atoms with Crippen molar-refractivity contribution in [1.29, 1.82) is 0 Å². The Morgan fingerprint density at radius 1 is 1.33 bits per heavy atom. The Bertz CT molecular complexity index is 766. The number of hydrogen-bond acceptors (Lipinski definition) is 5. The maximum atomic E-state index is 12.8. The Balaban J connectivity index is 1.99. The van der Waals surface area contributed by atoms with Gasteiger partial charge in [0, 0.05) is 17.6 Å². The number of benzene rings is 1. The van der Waals surface area contributed by atoms with E-state index in [0.29, 0.717) is 17.9 Å². The summed E-state index contributed by atoms with van der Waals surface area (Å²) in [6.45, 7) is 3.70. The molecular weight excluding hydrogens is 392 g/mol. The average Bonchev–Trinajstić information content (AvgIpc) is 3.11. The van der Waals surface area contributed by atoms with Gasteiger partial charge in [0.15, 0.2) is 6.61 Å². The lowest BCUT2D eigenvalue weighted by molar-refractivity contribution is -0.151. The molecule has 1 N–H and O–H groups in total. The molecule has 1 aliphatic rings. The summed E-state index contributed by atoms with van der Waals surface area (Å²) in [7, 11) is -3.84. The number of nitrogens with zero attached hydrogens (tertiary/aromatic N) is 1. The number of esters is 1. The molecule has 1 saturated heterocycles. The van der Waals surface area contributed by atoms with E-state index in [1.165, 1.54) is 24.3 Å². The first-order chi connectivity index (χ1) is 12.8. The number of amides is 1. The first-order valence-electron chi connectivity index (χ1n) is 8.99. The number of carbonyl (C=O) groups excluding carboxylic acids is 2. The third kappa shape index (κ3) is 5.67. The van der Waals surface area contributed by atoms with Crippen LogP contribution in [-0.2, 0) is 24.3 Å². The lowest BCUT2D eigenvalue weighted by atomic mass is 10.2. The Morgan fingerprint density at radius 2 is 2.00 bits per heavy atom. The van der Waals surface area contributed by atoms with E-state index in [9.17, 15) is 18.0 Å². The molecule has 27 heavy (non-hydrogen) atoms. The molecule has 0 spiro atoms. The van der Waals surface area contributed by atoms with E-state index < -0.39 is 34.5 Å². The summed E-state index contributed by atoms with van der Waals surface area (Å²) in [4.78, 5) is 24.3. The molecule has 2 atom stereocenters. The van der Waals surface area contributed by atoms with Gasteiger partial charge in [-0.05, 0) is 50.5 Å². The molecule has 1 amide bonds. The molecule has 0 bridgehead atoms. The van der Waals surface area contributed by atoms with Crippen LogP contribution in [0.3, 0.4) is 0 Å². The van der Waals surface area contributed by atoms with Crippen LogP contribution in [0.5, 0.6) is 0 Å². The van der Waals surface area contributed by atoms with Crippen LogP contribution in [0.15, 0.2) is 29.2 Å². The van der Waals surface area contributed by atoms with Gasteiger partial charge in [-0.3, -0.25) is 9.59 Å². The summed E-state index contributed by atoms with van der Waals surface area (Å²) in [5.41, 5.74) is 0. The monoisotopic (exact) mass is 416 g/mol. The van der Waals surface area contributed by atoms with E-state index in [4.69, 9.17) is 16.3 Å². The van der Waals surface area contributed by atoms with Crippen LogP contribution in [-0.4, -0.2) is 49.8 Å².